The molecule has 0 heterocycles. The maximum absolute atomic E-state index is 5.99. The van der Waals surface area contributed by atoms with Crippen LogP contribution in [0.4, 0.5) is 5.69 Å². The van der Waals surface area contributed by atoms with Crippen molar-refractivity contribution in [1.29, 1.82) is 0 Å². The molecule has 13 heavy (non-hydrogen) atoms. The largest absolute Gasteiger partial charge is 0.372 e. The SMILES string of the molecule is CN(CCN)c1cc(Cl)ccc1Cl. The lowest BCUT2D eigenvalue weighted by molar-refractivity contribution is 0.886. The second kappa shape index (κ2) is 4.70. The molecule has 0 radical (unpaired) electrons. The maximum atomic E-state index is 5.99. The molecule has 0 saturated heterocycles. The summed E-state index contributed by atoms with van der Waals surface area (Å²) in [5, 5.41) is 1.38. The Morgan fingerprint density at radius 2 is 2.08 bits per heavy atom. The van der Waals surface area contributed by atoms with Gasteiger partial charge in [0.05, 0.1) is 10.7 Å². The van der Waals surface area contributed by atoms with Crippen molar-refractivity contribution in [2.75, 3.05) is 25.0 Å². The van der Waals surface area contributed by atoms with Crippen LogP contribution in [0.1, 0.15) is 0 Å². The summed E-state index contributed by atoms with van der Waals surface area (Å²) in [6.07, 6.45) is 0. The summed E-state index contributed by atoms with van der Waals surface area (Å²) in [6.45, 7) is 1.36. The lowest BCUT2D eigenvalue weighted by Crippen LogP contribution is -2.25. The first-order valence-electron chi connectivity index (χ1n) is 4.01. The quantitative estimate of drug-likeness (QED) is 0.845. The van der Waals surface area contributed by atoms with E-state index in [0.717, 1.165) is 12.2 Å². The molecule has 0 spiro atoms. The molecule has 0 aliphatic rings. The number of rotatable bonds is 3. The van der Waals surface area contributed by atoms with Crippen molar-refractivity contribution < 1.29 is 0 Å². The van der Waals surface area contributed by atoms with Gasteiger partial charge < -0.3 is 10.6 Å². The molecule has 0 atom stereocenters. The fourth-order valence-electron chi connectivity index (χ4n) is 1.09. The zero-order valence-electron chi connectivity index (χ0n) is 7.43. The first-order valence-corrected chi connectivity index (χ1v) is 4.77. The van der Waals surface area contributed by atoms with E-state index in [1.54, 1.807) is 12.1 Å². The Bertz CT molecular complexity index is 289. The minimum absolute atomic E-state index is 0.597. The fourth-order valence-corrected chi connectivity index (χ4v) is 1.52. The number of anilines is 1. The standard InChI is InChI=1S/C9H12Cl2N2/c1-13(5-4-12)9-6-7(10)2-3-8(9)11/h2-3,6H,4-5,12H2,1H3. The smallest absolute Gasteiger partial charge is 0.0640 e. The van der Waals surface area contributed by atoms with Gasteiger partial charge in [-0.25, -0.2) is 0 Å². The van der Waals surface area contributed by atoms with E-state index in [1.165, 1.54) is 0 Å². The number of halogens is 2. The van der Waals surface area contributed by atoms with Gasteiger partial charge in [0, 0.05) is 25.2 Å². The van der Waals surface area contributed by atoms with Crippen molar-refractivity contribution in [3.8, 4) is 0 Å². The molecular weight excluding hydrogens is 207 g/mol. The Morgan fingerprint density at radius 1 is 1.38 bits per heavy atom. The fraction of sp³-hybridized carbons (Fsp3) is 0.333. The number of hydrogen-bond donors (Lipinski definition) is 1. The maximum Gasteiger partial charge on any atom is 0.0640 e. The highest BCUT2D eigenvalue weighted by Gasteiger charge is 2.05. The van der Waals surface area contributed by atoms with Crippen molar-refractivity contribution in [3.05, 3.63) is 28.2 Å². The minimum Gasteiger partial charge on any atom is -0.372 e. The Kier molecular flexibility index (Phi) is 3.85. The van der Waals surface area contributed by atoms with Gasteiger partial charge in [-0.1, -0.05) is 23.2 Å². The van der Waals surface area contributed by atoms with Gasteiger partial charge in [0.15, 0.2) is 0 Å². The summed E-state index contributed by atoms with van der Waals surface area (Å²) >= 11 is 11.8. The van der Waals surface area contributed by atoms with E-state index < -0.39 is 0 Å². The van der Waals surface area contributed by atoms with Crippen LogP contribution in [0.2, 0.25) is 10.0 Å². The zero-order chi connectivity index (χ0) is 9.84. The monoisotopic (exact) mass is 218 g/mol. The third-order valence-electron chi connectivity index (χ3n) is 1.78. The van der Waals surface area contributed by atoms with Crippen LogP contribution in [0, 0.1) is 0 Å². The molecule has 0 saturated carbocycles. The van der Waals surface area contributed by atoms with Crippen molar-refractivity contribution >= 4 is 28.9 Å². The molecular formula is C9H12Cl2N2. The predicted molar refractivity (Wildman–Crippen MR) is 58.8 cm³/mol. The Labute approximate surface area is 88.2 Å². The average molecular weight is 219 g/mol. The highest BCUT2D eigenvalue weighted by atomic mass is 35.5. The number of hydrogen-bond acceptors (Lipinski definition) is 2. The minimum atomic E-state index is 0.597. The van der Waals surface area contributed by atoms with Crippen LogP contribution in [-0.4, -0.2) is 20.1 Å². The second-order valence-corrected chi connectivity index (χ2v) is 3.65. The van der Waals surface area contributed by atoms with E-state index in [2.05, 4.69) is 0 Å². The summed E-state index contributed by atoms with van der Waals surface area (Å²) in [5.41, 5.74) is 6.35. The van der Waals surface area contributed by atoms with E-state index >= 15 is 0 Å². The second-order valence-electron chi connectivity index (χ2n) is 2.81. The van der Waals surface area contributed by atoms with Crippen LogP contribution in [0.3, 0.4) is 0 Å². The van der Waals surface area contributed by atoms with E-state index in [9.17, 15) is 0 Å². The van der Waals surface area contributed by atoms with Crippen LogP contribution in [0.25, 0.3) is 0 Å². The molecule has 0 aliphatic heterocycles. The highest BCUT2D eigenvalue weighted by Crippen LogP contribution is 2.27. The molecule has 0 fully saturated rings. The molecule has 0 bridgehead atoms. The Morgan fingerprint density at radius 3 is 2.69 bits per heavy atom. The van der Waals surface area contributed by atoms with Gasteiger partial charge in [0.2, 0.25) is 0 Å². The van der Waals surface area contributed by atoms with E-state index in [0.29, 0.717) is 16.6 Å². The lowest BCUT2D eigenvalue weighted by atomic mass is 10.3. The molecule has 0 amide bonds. The molecule has 0 unspecified atom stereocenters. The number of likely N-dealkylation sites (N-methyl/N-ethyl adjacent to an activating group) is 1. The first-order chi connectivity index (χ1) is 6.15. The summed E-state index contributed by atoms with van der Waals surface area (Å²) < 4.78 is 0. The molecule has 1 rings (SSSR count). The predicted octanol–water partition coefficient (Wildman–Crippen LogP) is 2.39. The molecule has 1 aromatic rings. The van der Waals surface area contributed by atoms with Gasteiger partial charge in [-0.05, 0) is 18.2 Å². The summed E-state index contributed by atoms with van der Waals surface area (Å²) in [7, 11) is 1.93. The zero-order valence-corrected chi connectivity index (χ0v) is 8.94. The third kappa shape index (κ3) is 2.76. The molecule has 0 aromatic heterocycles. The van der Waals surface area contributed by atoms with E-state index in [4.69, 9.17) is 28.9 Å². The Hall–Kier alpha value is -0.440. The molecule has 1 aromatic carbocycles. The van der Waals surface area contributed by atoms with Crippen molar-refractivity contribution in [2.45, 2.75) is 0 Å². The number of nitrogens with zero attached hydrogens (tertiary/aromatic N) is 1. The van der Waals surface area contributed by atoms with Crippen molar-refractivity contribution in [1.82, 2.24) is 0 Å². The average Bonchev–Trinajstić information content (AvgIpc) is 2.09. The van der Waals surface area contributed by atoms with Crippen LogP contribution in [-0.2, 0) is 0 Å². The molecule has 2 nitrogen and oxygen atoms in total. The van der Waals surface area contributed by atoms with E-state index in [-0.39, 0.29) is 0 Å². The van der Waals surface area contributed by atoms with Crippen LogP contribution < -0.4 is 10.6 Å². The lowest BCUT2D eigenvalue weighted by Gasteiger charge is -2.19. The van der Waals surface area contributed by atoms with Crippen molar-refractivity contribution in [3.63, 3.8) is 0 Å². The molecule has 72 valence electrons. The van der Waals surface area contributed by atoms with Crippen molar-refractivity contribution in [2.24, 2.45) is 5.73 Å². The summed E-state index contributed by atoms with van der Waals surface area (Å²) in [5.74, 6) is 0. The van der Waals surface area contributed by atoms with Gasteiger partial charge in [-0.3, -0.25) is 0 Å². The van der Waals surface area contributed by atoms with Crippen LogP contribution >= 0.6 is 23.2 Å². The van der Waals surface area contributed by atoms with E-state index in [1.807, 2.05) is 18.0 Å². The van der Waals surface area contributed by atoms with Gasteiger partial charge in [-0.2, -0.15) is 0 Å². The summed E-state index contributed by atoms with van der Waals surface area (Å²) in [4.78, 5) is 1.98. The molecule has 4 heteroatoms. The Balaban J connectivity index is 2.91. The summed E-state index contributed by atoms with van der Waals surface area (Å²) in [6, 6.07) is 5.38. The highest BCUT2D eigenvalue weighted by molar-refractivity contribution is 6.35. The number of benzene rings is 1. The van der Waals surface area contributed by atoms with Gasteiger partial charge in [-0.15, -0.1) is 0 Å². The van der Waals surface area contributed by atoms with Gasteiger partial charge >= 0.3 is 0 Å². The van der Waals surface area contributed by atoms with Gasteiger partial charge in [0.25, 0.3) is 0 Å². The van der Waals surface area contributed by atoms with Gasteiger partial charge in [0.1, 0.15) is 0 Å². The first kappa shape index (κ1) is 10.6. The normalized spacial score (nSPS) is 10.2. The van der Waals surface area contributed by atoms with Crippen LogP contribution in [0.5, 0.6) is 0 Å². The molecule has 0 aliphatic carbocycles. The topological polar surface area (TPSA) is 29.3 Å². The third-order valence-corrected chi connectivity index (χ3v) is 2.34. The van der Waals surface area contributed by atoms with Crippen LogP contribution in [0.15, 0.2) is 18.2 Å². The molecule has 2 N–H and O–H groups in total. The number of nitrogens with two attached hydrogens (primary N) is 1.